The van der Waals surface area contributed by atoms with Crippen LogP contribution in [-0.4, -0.2) is 0 Å². The van der Waals surface area contributed by atoms with Crippen molar-refractivity contribution in [2.75, 3.05) is 9.80 Å². The van der Waals surface area contributed by atoms with Gasteiger partial charge in [-0.15, -0.1) is 0 Å². The number of aryl methyl sites for hydroxylation is 4. The molecule has 0 saturated heterocycles. The van der Waals surface area contributed by atoms with Crippen LogP contribution in [0.2, 0.25) is 0 Å². The minimum Gasteiger partial charge on any atom is -0.310 e. The van der Waals surface area contributed by atoms with E-state index < -0.39 is 5.41 Å². The summed E-state index contributed by atoms with van der Waals surface area (Å²) in [5.74, 6) is 0. The summed E-state index contributed by atoms with van der Waals surface area (Å²) in [6, 6.07) is 74.6. The Bertz CT molecular complexity index is 3390. The summed E-state index contributed by atoms with van der Waals surface area (Å²) in [6.07, 6.45) is 0. The second-order valence-corrected chi connectivity index (χ2v) is 22.6. The number of fused-ring (bicyclic) bond motifs is 14. The van der Waals surface area contributed by atoms with E-state index in [4.69, 9.17) is 0 Å². The summed E-state index contributed by atoms with van der Waals surface area (Å²) in [5, 5.41) is 5.01. The van der Waals surface area contributed by atoms with Crippen LogP contribution in [0.3, 0.4) is 0 Å². The highest BCUT2D eigenvalue weighted by molar-refractivity contribution is 6.10. The highest BCUT2D eigenvalue weighted by atomic mass is 15.1. The summed E-state index contributed by atoms with van der Waals surface area (Å²) in [5.41, 5.74) is 24.6. The van der Waals surface area contributed by atoms with Crippen LogP contribution in [0.4, 0.5) is 34.1 Å². The fourth-order valence-electron chi connectivity index (χ4n) is 11.8. The molecule has 1 spiro atoms. The monoisotopic (exact) mass is 918 g/mol. The number of rotatable bonds is 6. The number of hydrogen-bond donors (Lipinski definition) is 0. The van der Waals surface area contributed by atoms with Gasteiger partial charge in [-0.1, -0.05) is 185 Å². The number of nitrogens with zero attached hydrogens (tertiary/aromatic N) is 2. The lowest BCUT2D eigenvalue weighted by Crippen LogP contribution is -2.27. The smallest absolute Gasteiger partial charge is 0.0737 e. The van der Waals surface area contributed by atoms with Gasteiger partial charge in [-0.2, -0.15) is 0 Å². The zero-order valence-electron chi connectivity index (χ0n) is 42.9. The molecule has 0 fully saturated rings. The van der Waals surface area contributed by atoms with Crippen LogP contribution in [0, 0.1) is 27.7 Å². The van der Waals surface area contributed by atoms with E-state index in [2.05, 4.69) is 273 Å². The summed E-state index contributed by atoms with van der Waals surface area (Å²) in [4.78, 5) is 4.81. The van der Waals surface area contributed by atoms with Gasteiger partial charge in [0.1, 0.15) is 0 Å². The third-order valence-corrected chi connectivity index (χ3v) is 15.6. The second-order valence-electron chi connectivity index (χ2n) is 22.6. The van der Waals surface area contributed by atoms with Gasteiger partial charge in [-0.3, -0.25) is 0 Å². The van der Waals surface area contributed by atoms with Crippen molar-refractivity contribution >= 4 is 55.7 Å². The molecule has 0 bridgehead atoms. The van der Waals surface area contributed by atoms with Crippen molar-refractivity contribution in [3.63, 3.8) is 0 Å². The molecule has 2 aliphatic carbocycles. The van der Waals surface area contributed by atoms with E-state index >= 15 is 0 Å². The largest absolute Gasteiger partial charge is 0.310 e. The summed E-state index contributed by atoms with van der Waals surface area (Å²) in [7, 11) is 0. The van der Waals surface area contributed by atoms with Crippen LogP contribution in [0.5, 0.6) is 0 Å². The fourth-order valence-corrected chi connectivity index (χ4v) is 11.8. The fraction of sp³-hybridized carbons (Fsp3) is 0.188. The van der Waals surface area contributed by atoms with Gasteiger partial charge >= 0.3 is 0 Å². The van der Waals surface area contributed by atoms with E-state index in [9.17, 15) is 0 Å². The maximum atomic E-state index is 2.53. The zero-order valence-corrected chi connectivity index (χ0v) is 42.9. The topological polar surface area (TPSA) is 6.48 Å². The van der Waals surface area contributed by atoms with Crippen molar-refractivity contribution in [3.05, 3.63) is 250 Å². The van der Waals surface area contributed by atoms with Crippen LogP contribution in [-0.2, 0) is 16.2 Å². The second kappa shape index (κ2) is 16.2. The van der Waals surface area contributed by atoms with Gasteiger partial charge in [0, 0.05) is 34.1 Å². The van der Waals surface area contributed by atoms with Crippen LogP contribution in [0.1, 0.15) is 97.2 Å². The van der Waals surface area contributed by atoms with Gasteiger partial charge in [-0.05, 0) is 189 Å². The van der Waals surface area contributed by atoms with Gasteiger partial charge in [0.05, 0.1) is 5.41 Å². The molecule has 0 aromatic heterocycles. The van der Waals surface area contributed by atoms with Crippen LogP contribution < -0.4 is 9.80 Å². The number of hydrogen-bond acceptors (Lipinski definition) is 2. The van der Waals surface area contributed by atoms with Crippen molar-refractivity contribution in [1.29, 1.82) is 0 Å². The maximum absolute atomic E-state index is 2.53. The summed E-state index contributed by atoms with van der Waals surface area (Å²) < 4.78 is 0. The molecular formula is C69H62N2. The maximum Gasteiger partial charge on any atom is 0.0737 e. The molecule has 0 N–H and O–H groups in total. The molecule has 10 aromatic rings. The lowest BCUT2D eigenvalue weighted by atomic mass is 9.68. The Labute approximate surface area is 420 Å². The molecule has 10 aromatic carbocycles. The molecule has 0 heterocycles. The number of benzene rings is 10. The van der Waals surface area contributed by atoms with Gasteiger partial charge in [0.2, 0.25) is 0 Å². The van der Waals surface area contributed by atoms with Crippen LogP contribution in [0.15, 0.2) is 194 Å². The third kappa shape index (κ3) is 7.13. The Morgan fingerprint density at radius 2 is 0.606 bits per heavy atom. The average molecular weight is 919 g/mol. The van der Waals surface area contributed by atoms with Crippen molar-refractivity contribution in [2.45, 2.75) is 85.5 Å². The highest BCUT2D eigenvalue weighted by Gasteiger charge is 2.53. The third-order valence-electron chi connectivity index (χ3n) is 15.6. The lowest BCUT2D eigenvalue weighted by Gasteiger charge is -2.33. The molecule has 0 saturated carbocycles. The van der Waals surface area contributed by atoms with Gasteiger partial charge < -0.3 is 9.80 Å². The Hall–Kier alpha value is -7.68. The van der Waals surface area contributed by atoms with E-state index in [0.29, 0.717) is 0 Å². The molecule has 0 radical (unpaired) electrons. The molecule has 2 aliphatic rings. The molecule has 12 rings (SSSR count). The van der Waals surface area contributed by atoms with E-state index in [1.54, 1.807) is 0 Å². The SMILES string of the molecule is Cc1ccc(N(c2ccc(C)cc2)c2ccc3c4c(ccc3c2)-c2ccc3cc(N(c5ccc(C)cc5)c5ccc(C)cc5)ccc3c2C42c3ccc(C(C)(C)C)cc3-c3cc(C(C)(C)C)ccc32)cc1. The first-order valence-corrected chi connectivity index (χ1v) is 25.4. The summed E-state index contributed by atoms with van der Waals surface area (Å²) >= 11 is 0. The van der Waals surface area contributed by atoms with Crippen LogP contribution >= 0.6 is 0 Å². The van der Waals surface area contributed by atoms with E-state index in [1.165, 1.54) is 99.4 Å². The molecule has 0 atom stereocenters. The predicted octanol–water partition coefficient (Wildman–Crippen LogP) is 19.1. The molecule has 0 aliphatic heterocycles. The Morgan fingerprint density at radius 3 is 0.915 bits per heavy atom. The van der Waals surface area contributed by atoms with Crippen molar-refractivity contribution in [3.8, 4) is 22.3 Å². The summed E-state index contributed by atoms with van der Waals surface area (Å²) in [6.45, 7) is 22.7. The average Bonchev–Trinajstić information content (AvgIpc) is 3.82. The van der Waals surface area contributed by atoms with E-state index in [0.717, 1.165) is 34.1 Å². The zero-order chi connectivity index (χ0) is 49.1. The van der Waals surface area contributed by atoms with Gasteiger partial charge in [0.25, 0.3) is 0 Å². The minimum atomic E-state index is -0.592. The first-order chi connectivity index (χ1) is 34.1. The molecule has 71 heavy (non-hydrogen) atoms. The lowest BCUT2D eigenvalue weighted by molar-refractivity contribution is 0.589. The quantitative estimate of drug-likeness (QED) is 0.164. The first-order valence-electron chi connectivity index (χ1n) is 25.4. The van der Waals surface area contributed by atoms with Crippen LogP contribution in [0.25, 0.3) is 43.8 Å². The molecule has 0 amide bonds. The Balaban J connectivity index is 1.15. The van der Waals surface area contributed by atoms with E-state index in [-0.39, 0.29) is 10.8 Å². The van der Waals surface area contributed by atoms with Gasteiger partial charge in [0.15, 0.2) is 0 Å². The Kier molecular flexibility index (Phi) is 10.2. The first kappa shape index (κ1) is 44.5. The van der Waals surface area contributed by atoms with E-state index in [1.807, 2.05) is 0 Å². The molecule has 0 unspecified atom stereocenters. The van der Waals surface area contributed by atoms with Crippen molar-refractivity contribution in [1.82, 2.24) is 0 Å². The molecule has 348 valence electrons. The predicted molar refractivity (Wildman–Crippen MR) is 303 cm³/mol. The molecule has 2 nitrogen and oxygen atoms in total. The van der Waals surface area contributed by atoms with Crippen molar-refractivity contribution in [2.24, 2.45) is 0 Å². The molecule has 2 heteroatoms. The standard InChI is InChI=1S/C69H62N2/c1-43-11-23-51(24-12-43)70(52-25-13-44(2)14-26-52)55-31-35-57-47(39-55)19-33-59-60-34-20-48-40-56(71(53-27-15-45(3)16-28-53)54-29-17-46(4)18-30-54)32-36-58(48)66(60)69(65(57)59)63-37-21-49(67(5,6)7)41-61(63)62-42-50(68(8,9)10)22-38-64(62)69/h11-42H,1-10H3. The van der Waals surface area contributed by atoms with Crippen molar-refractivity contribution < 1.29 is 0 Å². The Morgan fingerprint density at radius 1 is 0.296 bits per heavy atom. The number of anilines is 6. The van der Waals surface area contributed by atoms with Gasteiger partial charge in [-0.25, -0.2) is 0 Å². The molecular weight excluding hydrogens is 857 g/mol. The normalized spacial score (nSPS) is 13.3. The minimum absolute atomic E-state index is 0.0220. The highest BCUT2D eigenvalue weighted by Crippen LogP contribution is 2.66.